The first-order valence-corrected chi connectivity index (χ1v) is 15.4. The van der Waals surface area contributed by atoms with Crippen LogP contribution in [0.2, 0.25) is 0 Å². The summed E-state index contributed by atoms with van der Waals surface area (Å²) in [4.78, 5) is 14.0. The molecule has 10 atom stereocenters. The maximum atomic E-state index is 12.6. The topological polar surface area (TPSA) is 115 Å². The van der Waals surface area contributed by atoms with Crippen molar-refractivity contribution >= 4 is 16.0 Å². The van der Waals surface area contributed by atoms with Crippen LogP contribution in [0.3, 0.4) is 0 Å². The van der Waals surface area contributed by atoms with Crippen molar-refractivity contribution in [3.8, 4) is 0 Å². The third-order valence-corrected chi connectivity index (χ3v) is 12.0. The predicted octanol–water partition coefficient (Wildman–Crippen LogP) is 3.74. The van der Waals surface area contributed by atoms with E-state index in [2.05, 4.69) is 20.8 Å². The first-order chi connectivity index (χ1) is 16.3. The summed E-state index contributed by atoms with van der Waals surface area (Å²) in [6.07, 6.45) is 8.91. The van der Waals surface area contributed by atoms with Crippen molar-refractivity contribution in [1.29, 1.82) is 0 Å². The molecule has 0 aromatic carbocycles. The number of amides is 1. The largest absolute Gasteiger partial charge is 0.393 e. The van der Waals surface area contributed by atoms with E-state index in [9.17, 15) is 23.4 Å². The lowest BCUT2D eigenvalue weighted by Crippen LogP contribution is -2.58. The summed E-state index contributed by atoms with van der Waals surface area (Å²) < 4.78 is 30.9. The van der Waals surface area contributed by atoms with Crippen LogP contribution < -0.4 is 0 Å². The molecule has 3 N–H and O–H groups in total. The number of hydrogen-bond donors (Lipinski definition) is 3. The molecule has 0 heterocycles. The van der Waals surface area contributed by atoms with Crippen molar-refractivity contribution in [1.82, 2.24) is 4.90 Å². The van der Waals surface area contributed by atoms with Crippen LogP contribution in [0.5, 0.6) is 0 Å². The summed E-state index contributed by atoms with van der Waals surface area (Å²) in [6.45, 7) is 7.14. The lowest BCUT2D eigenvalue weighted by molar-refractivity contribution is -0.174. The van der Waals surface area contributed by atoms with E-state index in [4.69, 9.17) is 4.55 Å². The summed E-state index contributed by atoms with van der Waals surface area (Å²) in [7, 11) is -2.48. The maximum Gasteiger partial charge on any atom is 0.266 e. The van der Waals surface area contributed by atoms with E-state index in [1.807, 2.05) is 0 Å². The second-order valence-corrected chi connectivity index (χ2v) is 14.6. The van der Waals surface area contributed by atoms with Gasteiger partial charge in [0.2, 0.25) is 5.91 Å². The van der Waals surface area contributed by atoms with Gasteiger partial charge in [0.15, 0.2) is 0 Å². The molecule has 1 amide bonds. The van der Waals surface area contributed by atoms with Gasteiger partial charge in [0.25, 0.3) is 10.1 Å². The lowest BCUT2D eigenvalue weighted by Gasteiger charge is -2.62. The first kappa shape index (κ1) is 27.3. The van der Waals surface area contributed by atoms with E-state index in [1.54, 1.807) is 7.05 Å². The molecule has 0 aromatic rings. The van der Waals surface area contributed by atoms with Crippen LogP contribution in [0.15, 0.2) is 0 Å². The van der Waals surface area contributed by atoms with E-state index in [0.717, 1.165) is 51.4 Å². The van der Waals surface area contributed by atoms with Gasteiger partial charge in [-0.15, -0.1) is 0 Å². The number of carbonyl (C=O) groups is 1. The molecule has 8 heteroatoms. The molecule has 7 nitrogen and oxygen atoms in total. The first-order valence-electron chi connectivity index (χ1n) is 13.8. The van der Waals surface area contributed by atoms with Crippen LogP contribution in [0.1, 0.15) is 85.0 Å². The van der Waals surface area contributed by atoms with Crippen molar-refractivity contribution in [3.05, 3.63) is 0 Å². The number of carbonyl (C=O) groups excluding carboxylic acids is 1. The van der Waals surface area contributed by atoms with Gasteiger partial charge in [-0.3, -0.25) is 9.35 Å². The summed E-state index contributed by atoms with van der Waals surface area (Å²) in [5.74, 6) is 2.21. The fourth-order valence-electron chi connectivity index (χ4n) is 9.30. The predicted molar refractivity (Wildman–Crippen MR) is 135 cm³/mol. The van der Waals surface area contributed by atoms with Gasteiger partial charge in [-0.05, 0) is 104 Å². The minimum atomic E-state index is -4.07. The van der Waals surface area contributed by atoms with E-state index >= 15 is 0 Å². The Labute approximate surface area is 211 Å². The zero-order valence-corrected chi connectivity index (χ0v) is 22.8. The van der Waals surface area contributed by atoms with Crippen molar-refractivity contribution in [2.24, 2.45) is 46.3 Å². The van der Waals surface area contributed by atoms with Gasteiger partial charge in [0.1, 0.15) is 0 Å². The molecule has 0 aliphatic heterocycles. The van der Waals surface area contributed by atoms with Gasteiger partial charge in [-0.1, -0.05) is 20.8 Å². The summed E-state index contributed by atoms with van der Waals surface area (Å²) in [5, 5.41) is 21.7. The summed E-state index contributed by atoms with van der Waals surface area (Å²) in [6, 6.07) is 0. The van der Waals surface area contributed by atoms with Gasteiger partial charge in [-0.2, -0.15) is 8.42 Å². The van der Waals surface area contributed by atoms with Crippen molar-refractivity contribution in [2.75, 3.05) is 19.3 Å². The number of rotatable bonds is 7. The molecule has 202 valence electrons. The smallest absolute Gasteiger partial charge is 0.266 e. The third kappa shape index (κ3) is 5.19. The highest BCUT2D eigenvalue weighted by Crippen LogP contribution is 2.68. The number of hydrogen-bond acceptors (Lipinski definition) is 5. The molecule has 0 bridgehead atoms. The van der Waals surface area contributed by atoms with Crippen molar-refractivity contribution in [2.45, 2.75) is 97.2 Å². The van der Waals surface area contributed by atoms with Gasteiger partial charge >= 0.3 is 0 Å². The minimum Gasteiger partial charge on any atom is -0.393 e. The average Bonchev–Trinajstić information content (AvgIpc) is 3.13. The van der Waals surface area contributed by atoms with Gasteiger partial charge in [0, 0.05) is 20.0 Å². The summed E-state index contributed by atoms with van der Waals surface area (Å²) in [5.41, 5.74) is 0.409. The molecule has 0 aromatic heterocycles. The lowest BCUT2D eigenvalue weighted by atomic mass is 9.43. The van der Waals surface area contributed by atoms with Crippen LogP contribution in [0.25, 0.3) is 0 Å². The molecule has 0 spiro atoms. The molecular formula is C27H47NO6S. The summed E-state index contributed by atoms with van der Waals surface area (Å²) >= 11 is 0. The molecule has 4 rings (SSSR count). The van der Waals surface area contributed by atoms with Crippen LogP contribution >= 0.6 is 0 Å². The minimum absolute atomic E-state index is 0.00696. The fourth-order valence-corrected chi connectivity index (χ4v) is 9.80. The Morgan fingerprint density at radius 2 is 1.69 bits per heavy atom. The number of aliphatic hydroxyl groups excluding tert-OH is 2. The molecule has 0 saturated heterocycles. The number of fused-ring (bicyclic) bond motifs is 5. The number of nitrogens with zero attached hydrogens (tertiary/aromatic N) is 1. The zero-order valence-electron chi connectivity index (χ0n) is 22.0. The van der Waals surface area contributed by atoms with E-state index < -0.39 is 15.9 Å². The molecular weight excluding hydrogens is 466 g/mol. The number of aliphatic hydroxyl groups is 2. The second-order valence-electron chi connectivity index (χ2n) is 13.1. The van der Waals surface area contributed by atoms with Crippen molar-refractivity contribution < 1.29 is 28.0 Å². The average molecular weight is 514 g/mol. The standard InChI is InChI=1S/C27H47NO6S/c1-17(5-8-24(31)28(4)13-14-35(32,33)34)20-6-7-21-25-22(10-12-27(20,21)3)26(2)11-9-19(29)15-18(26)16-23(25)30/h17-23,25,29-30H,5-16H2,1-4H3,(H,32,33,34)/t17-,18?,19-,20-,21+,22+,23+,25+,26+,27-/m1/s1. The Kier molecular flexibility index (Phi) is 7.72. The van der Waals surface area contributed by atoms with E-state index in [1.165, 1.54) is 11.3 Å². The Hall–Kier alpha value is -0.700. The van der Waals surface area contributed by atoms with Gasteiger partial charge in [-0.25, -0.2) is 0 Å². The highest BCUT2D eigenvalue weighted by Gasteiger charge is 2.62. The molecule has 0 radical (unpaired) electrons. The Bertz CT molecular complexity index is 894. The normalized spacial score (nSPS) is 44.1. The SMILES string of the molecule is C[C@H](CCC(=O)N(C)CCS(=O)(=O)O)[C@H]1CC[C@H]2[C@@H]3[C@@H](O)CC4C[C@H](O)CC[C@]4(C)[C@H]3CC[C@]12C. The highest BCUT2D eigenvalue weighted by atomic mass is 32.2. The molecule has 4 aliphatic carbocycles. The van der Waals surface area contributed by atoms with Crippen molar-refractivity contribution in [3.63, 3.8) is 0 Å². The van der Waals surface area contributed by atoms with Crippen LogP contribution in [0.4, 0.5) is 0 Å². The molecule has 4 saturated carbocycles. The van der Waals surface area contributed by atoms with Crippen LogP contribution in [-0.4, -0.2) is 65.5 Å². The zero-order chi connectivity index (χ0) is 25.8. The highest BCUT2D eigenvalue weighted by molar-refractivity contribution is 7.85. The van der Waals surface area contributed by atoms with Gasteiger partial charge in [0.05, 0.1) is 18.0 Å². The molecule has 35 heavy (non-hydrogen) atoms. The van der Waals surface area contributed by atoms with Crippen LogP contribution in [-0.2, 0) is 14.9 Å². The van der Waals surface area contributed by atoms with E-state index in [0.29, 0.717) is 41.9 Å². The van der Waals surface area contributed by atoms with Gasteiger partial charge < -0.3 is 15.1 Å². The third-order valence-electron chi connectivity index (χ3n) is 11.3. The fraction of sp³-hybridized carbons (Fsp3) is 0.963. The maximum absolute atomic E-state index is 12.6. The Morgan fingerprint density at radius 1 is 1.03 bits per heavy atom. The molecule has 1 unspecified atom stereocenters. The Balaban J connectivity index is 1.40. The second kappa shape index (κ2) is 9.88. The van der Waals surface area contributed by atoms with Crippen LogP contribution in [0, 0.1) is 46.3 Å². The Morgan fingerprint density at radius 3 is 2.37 bits per heavy atom. The quantitative estimate of drug-likeness (QED) is 0.447. The van der Waals surface area contributed by atoms with E-state index in [-0.39, 0.29) is 35.5 Å². The monoisotopic (exact) mass is 513 g/mol. The molecule has 4 aliphatic rings. The molecule has 4 fully saturated rings.